The van der Waals surface area contributed by atoms with Crippen molar-refractivity contribution in [3.63, 3.8) is 0 Å². The van der Waals surface area contributed by atoms with Crippen LogP contribution in [0.2, 0.25) is 0 Å². The van der Waals surface area contributed by atoms with Crippen molar-refractivity contribution in [1.82, 2.24) is 20.1 Å². The van der Waals surface area contributed by atoms with Crippen molar-refractivity contribution in [2.75, 3.05) is 6.54 Å². The van der Waals surface area contributed by atoms with Gasteiger partial charge in [-0.2, -0.15) is 5.10 Å². The van der Waals surface area contributed by atoms with Gasteiger partial charge in [0.05, 0.1) is 12.3 Å². The van der Waals surface area contributed by atoms with Gasteiger partial charge in [0.15, 0.2) is 0 Å². The Labute approximate surface area is 125 Å². The third-order valence-corrected chi connectivity index (χ3v) is 3.26. The van der Waals surface area contributed by atoms with Gasteiger partial charge in [-0.3, -0.25) is 4.79 Å². The summed E-state index contributed by atoms with van der Waals surface area (Å²) >= 11 is 0. The summed E-state index contributed by atoms with van der Waals surface area (Å²) in [6.07, 6.45) is 3.06. The molecule has 3 rings (SSSR count). The molecule has 1 N–H and O–H groups in total. The number of hydrogen-bond donors (Lipinski definition) is 1. The van der Waals surface area contributed by atoms with Gasteiger partial charge >= 0.3 is 0 Å². The molecule has 1 aromatic carbocycles. The number of nitrogens with zero attached hydrogens (tertiary/aromatic N) is 4. The van der Waals surface area contributed by atoms with Crippen molar-refractivity contribution in [1.29, 1.82) is 0 Å². The van der Waals surface area contributed by atoms with Gasteiger partial charge in [0.2, 0.25) is 5.91 Å². The molecule has 1 amide bonds. The number of carbonyl (C=O) groups is 1. The van der Waals surface area contributed by atoms with Crippen LogP contribution < -0.4 is 5.32 Å². The summed E-state index contributed by atoms with van der Waals surface area (Å²) < 4.78 is 15.5. The maximum Gasteiger partial charge on any atom is 0.217 e. The van der Waals surface area contributed by atoms with Crippen LogP contribution in [0, 0.1) is 5.82 Å². The molecule has 0 saturated heterocycles. The normalized spacial score (nSPS) is 17.0. The minimum atomic E-state index is -0.420. The molecule has 0 aliphatic carbocycles. The number of amides is 1. The second kappa shape index (κ2) is 5.92. The van der Waals surface area contributed by atoms with E-state index in [0.29, 0.717) is 29.9 Å². The molecule has 1 aromatic heterocycles. The second-order valence-electron chi connectivity index (χ2n) is 4.91. The van der Waals surface area contributed by atoms with Crippen LogP contribution in [0.5, 0.6) is 0 Å². The van der Waals surface area contributed by atoms with Crippen LogP contribution in [-0.2, 0) is 9.63 Å². The van der Waals surface area contributed by atoms with Crippen molar-refractivity contribution < 1.29 is 14.0 Å². The minimum absolute atomic E-state index is 0.125. The molecule has 114 valence electrons. The Kier molecular flexibility index (Phi) is 3.82. The number of nitrogens with one attached hydrogen (secondary N) is 1. The smallest absolute Gasteiger partial charge is 0.217 e. The molecular weight excluding hydrogens is 289 g/mol. The Bertz CT molecular complexity index is 714. The topological polar surface area (TPSA) is 81.4 Å². The van der Waals surface area contributed by atoms with Crippen molar-refractivity contribution >= 4 is 11.6 Å². The van der Waals surface area contributed by atoms with Crippen LogP contribution in [0.4, 0.5) is 4.39 Å². The fraction of sp³-hybridized carbons (Fsp3) is 0.286. The summed E-state index contributed by atoms with van der Waals surface area (Å²) in [6.45, 7) is 1.82. The predicted octanol–water partition coefficient (Wildman–Crippen LogP) is 1.04. The molecule has 22 heavy (non-hydrogen) atoms. The summed E-state index contributed by atoms with van der Waals surface area (Å²) in [5, 5.41) is 10.5. The number of oxime groups is 1. The lowest BCUT2D eigenvalue weighted by Gasteiger charge is -2.08. The van der Waals surface area contributed by atoms with E-state index in [4.69, 9.17) is 4.84 Å². The summed E-state index contributed by atoms with van der Waals surface area (Å²) in [6, 6.07) is 4.76. The third-order valence-electron chi connectivity index (χ3n) is 3.26. The SMILES string of the molecule is CC(=O)NC[C@H]1CC(c2ccc(-n3cncn3)c(F)c2)=NO1. The first-order valence-corrected chi connectivity index (χ1v) is 6.75. The molecule has 1 aliphatic heterocycles. The lowest BCUT2D eigenvalue weighted by atomic mass is 10.0. The first kappa shape index (κ1) is 14.2. The summed E-state index contributed by atoms with van der Waals surface area (Å²) in [7, 11) is 0. The molecule has 1 aliphatic rings. The van der Waals surface area contributed by atoms with Crippen LogP contribution in [0.1, 0.15) is 18.9 Å². The Balaban J connectivity index is 1.71. The van der Waals surface area contributed by atoms with Crippen molar-refractivity contribution in [3.05, 3.63) is 42.2 Å². The van der Waals surface area contributed by atoms with E-state index in [1.807, 2.05) is 0 Å². The monoisotopic (exact) mass is 303 g/mol. The van der Waals surface area contributed by atoms with Gasteiger partial charge in [-0.1, -0.05) is 11.2 Å². The average Bonchev–Trinajstić information content (AvgIpc) is 3.16. The molecule has 7 nitrogen and oxygen atoms in total. The molecule has 0 unspecified atom stereocenters. The number of benzene rings is 1. The first-order valence-electron chi connectivity index (χ1n) is 6.75. The van der Waals surface area contributed by atoms with Crippen LogP contribution in [-0.4, -0.2) is 39.0 Å². The molecule has 1 atom stereocenters. The van der Waals surface area contributed by atoms with E-state index in [9.17, 15) is 9.18 Å². The van der Waals surface area contributed by atoms with Gasteiger partial charge in [-0.05, 0) is 12.1 Å². The van der Waals surface area contributed by atoms with Gasteiger partial charge < -0.3 is 10.2 Å². The molecule has 0 spiro atoms. The number of halogens is 1. The fourth-order valence-corrected chi connectivity index (χ4v) is 2.17. The lowest BCUT2D eigenvalue weighted by Crippen LogP contribution is -2.30. The Morgan fingerprint density at radius 3 is 3.09 bits per heavy atom. The van der Waals surface area contributed by atoms with E-state index in [-0.39, 0.29) is 12.0 Å². The zero-order chi connectivity index (χ0) is 15.5. The minimum Gasteiger partial charge on any atom is -0.390 e. The Hall–Kier alpha value is -2.77. The maximum atomic E-state index is 14.2. The highest BCUT2D eigenvalue weighted by atomic mass is 19.1. The molecule has 0 fully saturated rings. The van der Waals surface area contributed by atoms with E-state index >= 15 is 0 Å². The summed E-state index contributed by atoms with van der Waals surface area (Å²) in [5.74, 6) is -0.545. The maximum absolute atomic E-state index is 14.2. The van der Waals surface area contributed by atoms with Gasteiger partial charge in [0.1, 0.15) is 30.3 Å². The van der Waals surface area contributed by atoms with E-state index in [2.05, 4.69) is 20.6 Å². The molecule has 0 bridgehead atoms. The molecule has 2 aromatic rings. The van der Waals surface area contributed by atoms with E-state index < -0.39 is 5.82 Å². The molecule has 0 saturated carbocycles. The zero-order valence-electron chi connectivity index (χ0n) is 11.9. The Morgan fingerprint density at radius 1 is 1.55 bits per heavy atom. The molecular formula is C14H14FN5O2. The van der Waals surface area contributed by atoms with Crippen LogP contribution in [0.25, 0.3) is 5.69 Å². The quantitative estimate of drug-likeness (QED) is 0.915. The van der Waals surface area contributed by atoms with Gasteiger partial charge in [0, 0.05) is 18.9 Å². The molecule has 2 heterocycles. The van der Waals surface area contributed by atoms with E-state index in [0.717, 1.165) is 0 Å². The van der Waals surface area contributed by atoms with Gasteiger partial charge in [-0.15, -0.1) is 0 Å². The summed E-state index contributed by atoms with van der Waals surface area (Å²) in [4.78, 5) is 19.9. The number of rotatable bonds is 4. The Morgan fingerprint density at radius 2 is 2.41 bits per heavy atom. The lowest BCUT2D eigenvalue weighted by molar-refractivity contribution is -0.119. The number of carbonyl (C=O) groups excluding carboxylic acids is 1. The van der Waals surface area contributed by atoms with Crippen LogP contribution >= 0.6 is 0 Å². The zero-order valence-corrected chi connectivity index (χ0v) is 11.9. The van der Waals surface area contributed by atoms with Crippen LogP contribution in [0.3, 0.4) is 0 Å². The van der Waals surface area contributed by atoms with E-state index in [1.165, 1.54) is 30.3 Å². The van der Waals surface area contributed by atoms with Gasteiger partial charge in [-0.25, -0.2) is 14.1 Å². The van der Waals surface area contributed by atoms with Crippen molar-refractivity contribution in [2.24, 2.45) is 5.16 Å². The van der Waals surface area contributed by atoms with Crippen molar-refractivity contribution in [2.45, 2.75) is 19.4 Å². The summed E-state index contributed by atoms with van der Waals surface area (Å²) in [5.41, 5.74) is 1.61. The standard InChI is InChI=1S/C14H14FN5O2/c1-9(21)17-6-11-5-13(19-22-11)10-2-3-14(12(15)4-10)20-8-16-7-18-20/h2-4,7-8,11H,5-6H2,1H3,(H,17,21)/t11-/m1/s1. The van der Waals surface area contributed by atoms with Gasteiger partial charge in [0.25, 0.3) is 0 Å². The number of hydrogen-bond acceptors (Lipinski definition) is 5. The van der Waals surface area contributed by atoms with Crippen LogP contribution in [0.15, 0.2) is 36.0 Å². The highest BCUT2D eigenvalue weighted by molar-refractivity contribution is 6.01. The highest BCUT2D eigenvalue weighted by Crippen LogP contribution is 2.20. The largest absolute Gasteiger partial charge is 0.390 e. The highest BCUT2D eigenvalue weighted by Gasteiger charge is 2.23. The fourth-order valence-electron chi connectivity index (χ4n) is 2.17. The van der Waals surface area contributed by atoms with E-state index in [1.54, 1.807) is 12.1 Å². The third kappa shape index (κ3) is 2.95. The molecule has 0 radical (unpaired) electrons. The second-order valence-corrected chi connectivity index (χ2v) is 4.91. The predicted molar refractivity (Wildman–Crippen MR) is 76.0 cm³/mol. The van der Waals surface area contributed by atoms with Crippen molar-refractivity contribution in [3.8, 4) is 5.69 Å². The first-order chi connectivity index (χ1) is 10.6. The average molecular weight is 303 g/mol. The molecule has 8 heteroatoms. The number of aromatic nitrogens is 3.